The van der Waals surface area contributed by atoms with Crippen molar-refractivity contribution in [2.75, 3.05) is 0 Å². The maximum atomic E-state index is 8.33. The van der Waals surface area contributed by atoms with Gasteiger partial charge < -0.3 is 5.73 Å². The molecule has 1 aliphatic rings. The first-order valence-electron chi connectivity index (χ1n) is 14.3. The van der Waals surface area contributed by atoms with Crippen molar-refractivity contribution >= 4 is 27.4 Å². The van der Waals surface area contributed by atoms with E-state index in [2.05, 4.69) is 127 Å². The predicted molar refractivity (Wildman–Crippen MR) is 175 cm³/mol. The summed E-state index contributed by atoms with van der Waals surface area (Å²) in [6, 6.07) is 54.3. The molecule has 1 atom stereocenters. The number of hydrogen-bond acceptors (Lipinski definition) is 1. The smallest absolute Gasteiger partial charge is 0.123 e. The molecule has 2 heteroatoms. The number of nitrogens with one attached hydrogen (secondary N) is 1. The third-order valence-electron chi connectivity index (χ3n) is 8.97. The zero-order valence-corrected chi connectivity index (χ0v) is 23.0. The van der Waals surface area contributed by atoms with Gasteiger partial charge in [-0.3, -0.25) is 5.41 Å². The van der Waals surface area contributed by atoms with Crippen molar-refractivity contribution < 1.29 is 0 Å². The van der Waals surface area contributed by atoms with E-state index in [1.807, 2.05) is 24.3 Å². The van der Waals surface area contributed by atoms with Crippen LogP contribution < -0.4 is 5.73 Å². The van der Waals surface area contributed by atoms with Crippen LogP contribution in [0, 0.1) is 5.41 Å². The van der Waals surface area contributed by atoms with Crippen LogP contribution in [-0.4, -0.2) is 5.84 Å². The molecule has 0 heterocycles. The first-order valence-corrected chi connectivity index (χ1v) is 14.3. The second-order valence-corrected chi connectivity index (χ2v) is 11.1. The van der Waals surface area contributed by atoms with Crippen molar-refractivity contribution in [3.63, 3.8) is 0 Å². The summed E-state index contributed by atoms with van der Waals surface area (Å²) in [5, 5.41) is 13.1. The van der Waals surface area contributed by atoms with Gasteiger partial charge in [-0.2, -0.15) is 0 Å². The topological polar surface area (TPSA) is 49.9 Å². The average molecular weight is 537 g/mol. The summed E-state index contributed by atoms with van der Waals surface area (Å²) in [6.07, 6.45) is 0. The van der Waals surface area contributed by atoms with E-state index in [-0.39, 0.29) is 5.84 Å². The second kappa shape index (κ2) is 9.29. The number of nitrogen functional groups attached to an aromatic ring is 1. The van der Waals surface area contributed by atoms with Gasteiger partial charge in [0, 0.05) is 11.1 Å². The molecule has 2 nitrogen and oxygen atoms in total. The molecule has 1 unspecified atom stereocenters. The van der Waals surface area contributed by atoms with Crippen LogP contribution in [0.4, 0.5) is 0 Å². The van der Waals surface area contributed by atoms with E-state index in [1.54, 1.807) is 0 Å². The van der Waals surface area contributed by atoms with E-state index in [1.165, 1.54) is 44.2 Å². The fraction of sp³-hybridized carbons (Fsp3) is 0.0250. The highest BCUT2D eigenvalue weighted by Gasteiger charge is 2.46. The molecule has 0 spiro atoms. The fourth-order valence-electron chi connectivity index (χ4n) is 7.22. The Bertz CT molecular complexity index is 2160. The van der Waals surface area contributed by atoms with Crippen LogP contribution >= 0.6 is 0 Å². The van der Waals surface area contributed by atoms with Gasteiger partial charge in [-0.05, 0) is 60.5 Å². The Morgan fingerprint density at radius 3 is 1.76 bits per heavy atom. The lowest BCUT2D eigenvalue weighted by Gasteiger charge is -2.34. The number of benzene rings is 7. The van der Waals surface area contributed by atoms with Crippen molar-refractivity contribution in [2.45, 2.75) is 5.41 Å². The van der Waals surface area contributed by atoms with E-state index in [4.69, 9.17) is 11.1 Å². The van der Waals surface area contributed by atoms with Gasteiger partial charge in [0.15, 0.2) is 0 Å². The van der Waals surface area contributed by atoms with Gasteiger partial charge in [-0.25, -0.2) is 0 Å². The van der Waals surface area contributed by atoms with Gasteiger partial charge in [0.2, 0.25) is 0 Å². The zero-order valence-electron chi connectivity index (χ0n) is 23.0. The average Bonchev–Trinajstić information content (AvgIpc) is 3.36. The molecule has 0 saturated heterocycles. The summed E-state index contributed by atoms with van der Waals surface area (Å²) >= 11 is 0. The van der Waals surface area contributed by atoms with Gasteiger partial charge in [0.1, 0.15) is 5.84 Å². The van der Waals surface area contributed by atoms with Crippen LogP contribution in [0.15, 0.2) is 152 Å². The van der Waals surface area contributed by atoms with Crippen molar-refractivity contribution in [3.8, 4) is 22.3 Å². The Labute approximate surface area is 245 Å². The largest absolute Gasteiger partial charge is 0.384 e. The van der Waals surface area contributed by atoms with Crippen LogP contribution in [0.3, 0.4) is 0 Å². The maximum absolute atomic E-state index is 8.33. The van der Waals surface area contributed by atoms with Gasteiger partial charge in [-0.15, -0.1) is 0 Å². The molecule has 7 aromatic rings. The second-order valence-electron chi connectivity index (χ2n) is 11.1. The third-order valence-corrected chi connectivity index (χ3v) is 8.97. The van der Waals surface area contributed by atoms with Crippen molar-refractivity contribution in [2.24, 2.45) is 5.73 Å². The number of rotatable bonds is 4. The highest BCUT2D eigenvalue weighted by atomic mass is 14.7. The lowest BCUT2D eigenvalue weighted by atomic mass is 9.67. The summed E-state index contributed by atoms with van der Waals surface area (Å²) in [5.74, 6) is 0.0751. The number of fused-ring (bicyclic) bond motifs is 6. The van der Waals surface area contributed by atoms with Crippen LogP contribution in [-0.2, 0) is 5.41 Å². The Balaban J connectivity index is 1.43. The van der Waals surface area contributed by atoms with Crippen molar-refractivity contribution in [3.05, 3.63) is 179 Å². The predicted octanol–water partition coefficient (Wildman–Crippen LogP) is 9.31. The fourth-order valence-corrected chi connectivity index (χ4v) is 7.22. The van der Waals surface area contributed by atoms with Crippen LogP contribution in [0.5, 0.6) is 0 Å². The van der Waals surface area contributed by atoms with Crippen molar-refractivity contribution in [1.82, 2.24) is 0 Å². The Hall–Kier alpha value is -5.47. The monoisotopic (exact) mass is 536 g/mol. The lowest BCUT2D eigenvalue weighted by molar-refractivity contribution is 0.769. The van der Waals surface area contributed by atoms with E-state index in [0.717, 1.165) is 27.5 Å². The normalized spacial score (nSPS) is 15.4. The highest BCUT2D eigenvalue weighted by molar-refractivity contribution is 6.10. The molecule has 7 aromatic carbocycles. The first-order chi connectivity index (χ1) is 20.7. The van der Waals surface area contributed by atoms with Crippen LogP contribution in [0.1, 0.15) is 27.8 Å². The maximum Gasteiger partial charge on any atom is 0.123 e. The van der Waals surface area contributed by atoms with Crippen molar-refractivity contribution in [1.29, 1.82) is 5.41 Å². The summed E-state index contributed by atoms with van der Waals surface area (Å²) < 4.78 is 0. The molecule has 198 valence electrons. The quantitative estimate of drug-likeness (QED) is 0.171. The summed E-state index contributed by atoms with van der Waals surface area (Å²) in [5.41, 5.74) is 16.1. The molecule has 0 radical (unpaired) electrons. The van der Waals surface area contributed by atoms with Crippen LogP contribution in [0.25, 0.3) is 43.8 Å². The summed E-state index contributed by atoms with van der Waals surface area (Å²) in [6.45, 7) is 0. The van der Waals surface area contributed by atoms with Gasteiger partial charge in [0.05, 0.1) is 5.41 Å². The minimum absolute atomic E-state index is 0.0751. The Kier molecular flexibility index (Phi) is 5.38. The molecule has 0 amide bonds. The summed E-state index contributed by atoms with van der Waals surface area (Å²) in [4.78, 5) is 0. The molecule has 0 aromatic heterocycles. The lowest BCUT2D eigenvalue weighted by Crippen LogP contribution is -2.28. The van der Waals surface area contributed by atoms with Gasteiger partial charge in [0.25, 0.3) is 0 Å². The van der Waals surface area contributed by atoms with Gasteiger partial charge >= 0.3 is 0 Å². The van der Waals surface area contributed by atoms with Gasteiger partial charge in [-0.1, -0.05) is 152 Å². The zero-order chi connectivity index (χ0) is 28.3. The molecular weight excluding hydrogens is 508 g/mol. The number of nitrogens with two attached hydrogens (primary N) is 1. The molecular formula is C40H28N2. The minimum atomic E-state index is -0.474. The van der Waals surface area contributed by atoms with E-state index in [9.17, 15) is 0 Å². The summed E-state index contributed by atoms with van der Waals surface area (Å²) in [7, 11) is 0. The number of amidine groups is 1. The molecule has 8 rings (SSSR count). The minimum Gasteiger partial charge on any atom is -0.384 e. The van der Waals surface area contributed by atoms with E-state index in [0.29, 0.717) is 0 Å². The molecule has 42 heavy (non-hydrogen) atoms. The highest BCUT2D eigenvalue weighted by Crippen LogP contribution is 2.57. The Morgan fingerprint density at radius 1 is 0.476 bits per heavy atom. The molecule has 0 saturated carbocycles. The molecule has 0 aliphatic heterocycles. The molecule has 3 N–H and O–H groups in total. The standard InChI is InChI=1S/C40H28N2/c41-39(42)34-24-20-26-10-4-6-14-31(26)37(34)28-18-22-30(23-19-28)40(29-12-2-1-3-13-29)35-17-9-8-16-33(35)38-32-15-7-5-11-27(32)21-25-36(38)40/h1-25H,(H3,41,42). The molecule has 0 bridgehead atoms. The van der Waals surface area contributed by atoms with Crippen LogP contribution in [0.2, 0.25) is 0 Å². The number of hydrogen-bond donors (Lipinski definition) is 2. The third kappa shape index (κ3) is 3.36. The first kappa shape index (κ1) is 24.3. The molecule has 0 fully saturated rings. The Morgan fingerprint density at radius 2 is 1.05 bits per heavy atom. The van der Waals surface area contributed by atoms with E-state index < -0.39 is 5.41 Å². The van der Waals surface area contributed by atoms with E-state index >= 15 is 0 Å². The molecule has 1 aliphatic carbocycles. The SMILES string of the molecule is N=C(N)c1ccc2ccccc2c1-c1ccc(C2(c3ccccc3)c3ccccc3-c3c2ccc2ccccc32)cc1.